The molecule has 1 aromatic heterocycles. The molecule has 1 aliphatic heterocycles. The maximum absolute atomic E-state index is 12.2. The van der Waals surface area contributed by atoms with Gasteiger partial charge in [0, 0.05) is 37.8 Å². The summed E-state index contributed by atoms with van der Waals surface area (Å²) in [5.74, 6) is 0. The normalized spacial score (nSPS) is 15.1. The van der Waals surface area contributed by atoms with Gasteiger partial charge in [-0.25, -0.2) is 4.79 Å². The molecule has 6 nitrogen and oxygen atoms in total. The molecule has 1 fully saturated rings. The van der Waals surface area contributed by atoms with Crippen LogP contribution in [0.3, 0.4) is 0 Å². The number of anilines is 1. The third-order valence-electron chi connectivity index (χ3n) is 4.12. The van der Waals surface area contributed by atoms with E-state index >= 15 is 0 Å². The molecule has 0 N–H and O–H groups in total. The van der Waals surface area contributed by atoms with Crippen LogP contribution in [0.5, 0.6) is 0 Å². The maximum atomic E-state index is 12.2. The van der Waals surface area contributed by atoms with E-state index in [4.69, 9.17) is 4.74 Å². The van der Waals surface area contributed by atoms with Crippen molar-refractivity contribution in [3.8, 4) is 6.07 Å². The average molecular weight is 338 g/mol. The smallest absolute Gasteiger partial charge is 0.410 e. The van der Waals surface area contributed by atoms with E-state index in [1.807, 2.05) is 45.0 Å². The van der Waals surface area contributed by atoms with Gasteiger partial charge in [-0.3, -0.25) is 4.98 Å². The maximum Gasteiger partial charge on any atom is 0.410 e. The lowest BCUT2D eigenvalue weighted by molar-refractivity contribution is 0.0240. The summed E-state index contributed by atoms with van der Waals surface area (Å²) in [6, 6.07) is 10.1. The van der Waals surface area contributed by atoms with Gasteiger partial charge in [0.15, 0.2) is 0 Å². The van der Waals surface area contributed by atoms with Crippen LogP contribution in [0.15, 0.2) is 30.5 Å². The van der Waals surface area contributed by atoms with E-state index in [-0.39, 0.29) is 6.09 Å². The Morgan fingerprint density at radius 1 is 1.20 bits per heavy atom. The Morgan fingerprint density at radius 3 is 2.52 bits per heavy atom. The molecule has 130 valence electrons. The number of benzene rings is 1. The first-order chi connectivity index (χ1) is 11.9. The van der Waals surface area contributed by atoms with Crippen LogP contribution >= 0.6 is 0 Å². The molecule has 25 heavy (non-hydrogen) atoms. The lowest BCUT2D eigenvalue weighted by atomic mass is 10.1. The molecule has 0 saturated carbocycles. The van der Waals surface area contributed by atoms with Gasteiger partial charge in [-0.2, -0.15) is 5.26 Å². The average Bonchev–Trinajstić information content (AvgIpc) is 2.59. The third-order valence-corrected chi connectivity index (χ3v) is 4.12. The Labute approximate surface area is 147 Å². The zero-order valence-electron chi connectivity index (χ0n) is 14.8. The van der Waals surface area contributed by atoms with E-state index in [0.29, 0.717) is 31.7 Å². The van der Waals surface area contributed by atoms with Gasteiger partial charge < -0.3 is 14.5 Å². The topological polar surface area (TPSA) is 69.5 Å². The highest BCUT2D eigenvalue weighted by atomic mass is 16.6. The number of nitrogens with zero attached hydrogens (tertiary/aromatic N) is 4. The molecular weight excluding hydrogens is 316 g/mol. The van der Waals surface area contributed by atoms with Crippen LogP contribution in [0.25, 0.3) is 10.9 Å². The molecule has 3 rings (SSSR count). The van der Waals surface area contributed by atoms with E-state index in [0.717, 1.165) is 16.6 Å². The Bertz CT molecular complexity index is 827. The van der Waals surface area contributed by atoms with Crippen LogP contribution in [0.4, 0.5) is 10.5 Å². The lowest BCUT2D eigenvalue weighted by Crippen LogP contribution is -2.50. The highest BCUT2D eigenvalue weighted by Gasteiger charge is 2.27. The second kappa shape index (κ2) is 6.60. The van der Waals surface area contributed by atoms with Crippen molar-refractivity contribution in [2.24, 2.45) is 0 Å². The quantitative estimate of drug-likeness (QED) is 0.799. The van der Waals surface area contributed by atoms with Crippen molar-refractivity contribution < 1.29 is 9.53 Å². The van der Waals surface area contributed by atoms with Crippen molar-refractivity contribution in [3.05, 3.63) is 36.0 Å². The second-order valence-corrected chi connectivity index (χ2v) is 7.10. The number of nitriles is 1. The van der Waals surface area contributed by atoms with Gasteiger partial charge in [0.1, 0.15) is 11.7 Å². The number of amides is 1. The fourth-order valence-corrected chi connectivity index (χ4v) is 2.99. The van der Waals surface area contributed by atoms with Crippen LogP contribution in [0.1, 0.15) is 26.3 Å². The number of para-hydroxylation sites is 1. The fraction of sp³-hybridized carbons (Fsp3) is 0.421. The van der Waals surface area contributed by atoms with Gasteiger partial charge in [-0.1, -0.05) is 18.2 Å². The highest BCUT2D eigenvalue weighted by molar-refractivity contribution is 5.94. The molecule has 1 saturated heterocycles. The van der Waals surface area contributed by atoms with Gasteiger partial charge >= 0.3 is 6.09 Å². The van der Waals surface area contributed by atoms with Crippen molar-refractivity contribution in [1.29, 1.82) is 5.26 Å². The minimum atomic E-state index is -0.497. The van der Waals surface area contributed by atoms with E-state index in [2.05, 4.69) is 16.0 Å². The number of pyridine rings is 1. The number of hydrogen-bond donors (Lipinski definition) is 0. The number of carbonyl (C=O) groups excluding carboxylic acids is 1. The van der Waals surface area contributed by atoms with Gasteiger partial charge in [0.25, 0.3) is 0 Å². The van der Waals surface area contributed by atoms with Gasteiger partial charge in [-0.05, 0) is 26.8 Å². The Morgan fingerprint density at radius 2 is 1.88 bits per heavy atom. The van der Waals surface area contributed by atoms with Crippen molar-refractivity contribution in [2.45, 2.75) is 26.4 Å². The summed E-state index contributed by atoms with van der Waals surface area (Å²) >= 11 is 0. The molecule has 1 aromatic carbocycles. The van der Waals surface area contributed by atoms with Crippen LogP contribution < -0.4 is 4.90 Å². The first kappa shape index (κ1) is 17.0. The standard InChI is InChI=1S/C19H22N4O2/c1-19(2,3)25-18(24)23-10-8-22(9-11-23)17-14(12-20)13-21-16-7-5-4-6-15(16)17/h4-7,13H,8-11H2,1-3H3. The number of ether oxygens (including phenoxy) is 1. The first-order valence-corrected chi connectivity index (χ1v) is 8.40. The van der Waals surface area contributed by atoms with Gasteiger partial charge in [-0.15, -0.1) is 0 Å². The summed E-state index contributed by atoms with van der Waals surface area (Å²) in [5, 5.41) is 10.4. The highest BCUT2D eigenvalue weighted by Crippen LogP contribution is 2.30. The number of rotatable bonds is 1. The van der Waals surface area contributed by atoms with Crippen molar-refractivity contribution >= 4 is 22.7 Å². The SMILES string of the molecule is CC(C)(C)OC(=O)N1CCN(c2c(C#N)cnc3ccccc23)CC1. The number of aromatic nitrogens is 1. The van der Waals surface area contributed by atoms with Gasteiger partial charge in [0.2, 0.25) is 0 Å². The van der Waals surface area contributed by atoms with Crippen LogP contribution in [0.2, 0.25) is 0 Å². The molecule has 2 aromatic rings. The summed E-state index contributed by atoms with van der Waals surface area (Å²) < 4.78 is 5.44. The van der Waals surface area contributed by atoms with Crippen LogP contribution in [0, 0.1) is 11.3 Å². The molecule has 0 spiro atoms. The summed E-state index contributed by atoms with van der Waals surface area (Å²) in [6.45, 7) is 8.03. The Balaban J connectivity index is 1.81. The molecule has 2 heterocycles. The largest absolute Gasteiger partial charge is 0.444 e. The van der Waals surface area contributed by atoms with Crippen molar-refractivity contribution in [3.63, 3.8) is 0 Å². The molecule has 0 bridgehead atoms. The Hall–Kier alpha value is -2.81. The molecule has 0 unspecified atom stereocenters. The molecule has 1 aliphatic rings. The zero-order chi connectivity index (χ0) is 18.0. The molecule has 1 amide bonds. The summed E-state index contributed by atoms with van der Waals surface area (Å²) in [7, 11) is 0. The third kappa shape index (κ3) is 3.66. The number of fused-ring (bicyclic) bond motifs is 1. The van der Waals surface area contributed by atoms with Crippen LogP contribution in [-0.2, 0) is 4.74 Å². The fourth-order valence-electron chi connectivity index (χ4n) is 2.99. The van der Waals surface area contributed by atoms with Crippen molar-refractivity contribution in [1.82, 2.24) is 9.88 Å². The summed E-state index contributed by atoms with van der Waals surface area (Å²) in [5.41, 5.74) is 1.83. The minimum Gasteiger partial charge on any atom is -0.444 e. The lowest BCUT2D eigenvalue weighted by Gasteiger charge is -2.37. The van der Waals surface area contributed by atoms with Crippen LogP contribution in [-0.4, -0.2) is 47.8 Å². The predicted octanol–water partition coefficient (Wildman–Crippen LogP) is 3.16. The molecule has 0 radical (unpaired) electrons. The van der Waals surface area contributed by atoms with E-state index in [1.165, 1.54) is 0 Å². The van der Waals surface area contributed by atoms with E-state index in [1.54, 1.807) is 11.1 Å². The zero-order valence-corrected chi connectivity index (χ0v) is 14.8. The number of carbonyl (C=O) groups is 1. The minimum absolute atomic E-state index is 0.285. The monoisotopic (exact) mass is 338 g/mol. The Kier molecular flexibility index (Phi) is 4.49. The number of piperazine rings is 1. The molecular formula is C19H22N4O2. The summed E-state index contributed by atoms with van der Waals surface area (Å²) in [4.78, 5) is 20.4. The summed E-state index contributed by atoms with van der Waals surface area (Å²) in [6.07, 6.45) is 1.34. The molecule has 6 heteroatoms. The van der Waals surface area contributed by atoms with E-state index in [9.17, 15) is 10.1 Å². The first-order valence-electron chi connectivity index (χ1n) is 8.40. The van der Waals surface area contributed by atoms with E-state index < -0.39 is 5.60 Å². The molecule has 0 aliphatic carbocycles. The second-order valence-electron chi connectivity index (χ2n) is 7.10. The predicted molar refractivity (Wildman–Crippen MR) is 96.5 cm³/mol. The molecule has 0 atom stereocenters. The van der Waals surface area contributed by atoms with Gasteiger partial charge in [0.05, 0.1) is 16.8 Å². The number of hydrogen-bond acceptors (Lipinski definition) is 5. The van der Waals surface area contributed by atoms with Crippen molar-refractivity contribution in [2.75, 3.05) is 31.1 Å².